The largest absolute Gasteiger partial charge is 0.462 e. The highest BCUT2D eigenvalue weighted by Crippen LogP contribution is 2.66. The maximum absolute atomic E-state index is 9.44. The molecule has 0 radical (unpaired) electrons. The van der Waals surface area contributed by atoms with Gasteiger partial charge >= 0.3 is 7.12 Å². The molecule has 17 heavy (non-hydrogen) atoms. The molecule has 1 saturated carbocycles. The summed E-state index contributed by atoms with van der Waals surface area (Å²) in [6.07, 6.45) is 0. The molecule has 0 spiro atoms. The van der Waals surface area contributed by atoms with Gasteiger partial charge in [0.05, 0.1) is 11.2 Å². The zero-order valence-electron chi connectivity index (χ0n) is 11.4. The Morgan fingerprint density at radius 1 is 1.00 bits per heavy atom. The molecule has 0 aromatic heterocycles. The third kappa shape index (κ3) is 1.75. The van der Waals surface area contributed by atoms with Crippen LogP contribution in [0.3, 0.4) is 0 Å². The molecule has 1 aliphatic carbocycles. The number of aliphatic hydroxyl groups excluding tert-OH is 2. The van der Waals surface area contributed by atoms with Gasteiger partial charge in [-0.1, -0.05) is 6.92 Å². The molecule has 0 amide bonds. The van der Waals surface area contributed by atoms with Crippen molar-refractivity contribution in [3.8, 4) is 0 Å². The van der Waals surface area contributed by atoms with Crippen LogP contribution in [0.4, 0.5) is 0 Å². The highest BCUT2D eigenvalue weighted by molar-refractivity contribution is 6.49. The molecule has 2 fully saturated rings. The van der Waals surface area contributed by atoms with Crippen LogP contribution in [0, 0.1) is 11.3 Å². The molecule has 98 valence electrons. The van der Waals surface area contributed by atoms with Crippen LogP contribution in [-0.2, 0) is 9.31 Å². The zero-order chi connectivity index (χ0) is 13.1. The van der Waals surface area contributed by atoms with Gasteiger partial charge in [0.15, 0.2) is 0 Å². The second kappa shape index (κ2) is 3.70. The lowest BCUT2D eigenvalue weighted by molar-refractivity contribution is 0.00578. The topological polar surface area (TPSA) is 58.9 Å². The number of hydrogen-bond donors (Lipinski definition) is 2. The van der Waals surface area contributed by atoms with Gasteiger partial charge in [-0.2, -0.15) is 0 Å². The number of hydrogen-bond acceptors (Lipinski definition) is 4. The van der Waals surface area contributed by atoms with Gasteiger partial charge in [-0.15, -0.1) is 0 Å². The van der Waals surface area contributed by atoms with Crippen molar-refractivity contribution in [3.63, 3.8) is 0 Å². The van der Waals surface area contributed by atoms with Crippen LogP contribution >= 0.6 is 0 Å². The average molecular weight is 242 g/mol. The fourth-order valence-corrected chi connectivity index (χ4v) is 2.78. The molecule has 1 aliphatic heterocycles. The van der Waals surface area contributed by atoms with Crippen molar-refractivity contribution in [3.05, 3.63) is 0 Å². The Morgan fingerprint density at radius 3 is 1.76 bits per heavy atom. The van der Waals surface area contributed by atoms with Crippen LogP contribution in [0.15, 0.2) is 0 Å². The summed E-state index contributed by atoms with van der Waals surface area (Å²) in [5, 5.41) is 18.8. The van der Waals surface area contributed by atoms with Crippen LogP contribution in [0.25, 0.3) is 0 Å². The first kappa shape index (κ1) is 13.3. The van der Waals surface area contributed by atoms with Crippen molar-refractivity contribution in [2.45, 2.75) is 51.6 Å². The Bertz CT molecular complexity index is 302. The van der Waals surface area contributed by atoms with Crippen molar-refractivity contribution >= 4 is 7.12 Å². The zero-order valence-corrected chi connectivity index (χ0v) is 11.4. The van der Waals surface area contributed by atoms with E-state index in [-0.39, 0.29) is 48.7 Å². The van der Waals surface area contributed by atoms with E-state index in [2.05, 4.69) is 0 Å². The van der Waals surface area contributed by atoms with Crippen LogP contribution in [-0.4, -0.2) is 41.7 Å². The second-order valence-electron chi connectivity index (χ2n) is 6.60. The van der Waals surface area contributed by atoms with Crippen LogP contribution < -0.4 is 0 Å². The van der Waals surface area contributed by atoms with Crippen molar-refractivity contribution in [2.75, 3.05) is 13.2 Å². The summed E-state index contributed by atoms with van der Waals surface area (Å²) in [7, 11) is -0.325. The van der Waals surface area contributed by atoms with E-state index in [1.807, 2.05) is 34.6 Å². The monoisotopic (exact) mass is 242 g/mol. The van der Waals surface area contributed by atoms with E-state index in [9.17, 15) is 10.2 Å². The third-order valence-corrected chi connectivity index (χ3v) is 5.03. The average Bonchev–Trinajstić information content (AvgIpc) is 2.75. The minimum Gasteiger partial charge on any atom is -0.403 e. The molecule has 0 bridgehead atoms. The predicted molar refractivity (Wildman–Crippen MR) is 65.6 cm³/mol. The van der Waals surface area contributed by atoms with Crippen LogP contribution in [0.1, 0.15) is 34.6 Å². The van der Waals surface area contributed by atoms with Gasteiger partial charge in [0.2, 0.25) is 0 Å². The molecule has 1 saturated heterocycles. The molecule has 0 aromatic rings. The lowest BCUT2D eigenvalue weighted by atomic mass is 9.77. The van der Waals surface area contributed by atoms with E-state index in [4.69, 9.17) is 9.31 Å². The minimum atomic E-state index is -0.351. The Morgan fingerprint density at radius 2 is 1.47 bits per heavy atom. The first-order chi connectivity index (χ1) is 7.69. The summed E-state index contributed by atoms with van der Waals surface area (Å²) >= 11 is 0. The van der Waals surface area contributed by atoms with Crippen molar-refractivity contribution < 1.29 is 19.5 Å². The predicted octanol–water partition coefficient (Wildman–Crippen LogP) is 1.07. The summed E-state index contributed by atoms with van der Waals surface area (Å²) in [4.78, 5) is 0. The van der Waals surface area contributed by atoms with Gasteiger partial charge in [-0.3, -0.25) is 0 Å². The summed E-state index contributed by atoms with van der Waals surface area (Å²) in [6, 6.07) is 0. The molecular formula is C12H23BO4. The van der Waals surface area contributed by atoms with E-state index in [0.29, 0.717) is 0 Å². The van der Waals surface area contributed by atoms with Gasteiger partial charge < -0.3 is 19.5 Å². The fraction of sp³-hybridized carbons (Fsp3) is 1.00. The summed E-state index contributed by atoms with van der Waals surface area (Å²) < 4.78 is 11.9. The molecule has 2 N–H and O–H groups in total. The molecule has 3 atom stereocenters. The third-order valence-electron chi connectivity index (χ3n) is 5.03. The summed E-state index contributed by atoms with van der Waals surface area (Å²) in [6.45, 7) is 10.2. The van der Waals surface area contributed by atoms with Crippen LogP contribution in [0.2, 0.25) is 5.82 Å². The van der Waals surface area contributed by atoms with Crippen LogP contribution in [0.5, 0.6) is 0 Å². The SMILES string of the molecule is CC1(C)OB([C@@H]2[C@H](CO)[C@]2(C)CO)OC1(C)C. The van der Waals surface area contributed by atoms with E-state index >= 15 is 0 Å². The Labute approximate surface area is 103 Å². The molecule has 2 aliphatic rings. The Balaban J connectivity index is 2.13. The smallest absolute Gasteiger partial charge is 0.403 e. The lowest BCUT2D eigenvalue weighted by Gasteiger charge is -2.32. The summed E-state index contributed by atoms with van der Waals surface area (Å²) in [5.41, 5.74) is -0.969. The fourth-order valence-electron chi connectivity index (χ4n) is 2.78. The van der Waals surface area contributed by atoms with E-state index in [1.54, 1.807) is 0 Å². The first-order valence-corrected chi connectivity index (χ1v) is 6.27. The minimum absolute atomic E-state index is 0.0625. The Hall–Kier alpha value is -0.0951. The standard InChI is InChI=1S/C12H23BO4/c1-10(2)11(3,4)17-13(16-10)9-8(6-14)12(9,5)7-15/h8-9,14-15H,6-7H2,1-5H3/t8-,9+,12-/m0/s1. The molecule has 0 unspecified atom stereocenters. The molecule has 4 nitrogen and oxygen atoms in total. The maximum atomic E-state index is 9.44. The van der Waals surface area contributed by atoms with Crippen molar-refractivity contribution in [1.82, 2.24) is 0 Å². The molecule has 5 heteroatoms. The molecular weight excluding hydrogens is 219 g/mol. The number of aliphatic hydroxyl groups is 2. The quantitative estimate of drug-likeness (QED) is 0.727. The maximum Gasteiger partial charge on any atom is 0.462 e. The van der Waals surface area contributed by atoms with Crippen molar-refractivity contribution in [2.24, 2.45) is 11.3 Å². The van der Waals surface area contributed by atoms with Gasteiger partial charge in [0.25, 0.3) is 0 Å². The molecule has 2 rings (SSSR count). The normalized spacial score (nSPS) is 42.9. The van der Waals surface area contributed by atoms with Gasteiger partial charge in [-0.05, 0) is 39.0 Å². The highest BCUT2D eigenvalue weighted by Gasteiger charge is 2.70. The van der Waals surface area contributed by atoms with E-state index in [0.717, 1.165) is 0 Å². The van der Waals surface area contributed by atoms with E-state index < -0.39 is 0 Å². The second-order valence-corrected chi connectivity index (χ2v) is 6.60. The first-order valence-electron chi connectivity index (χ1n) is 6.27. The Kier molecular flexibility index (Phi) is 2.90. The molecule has 1 heterocycles. The van der Waals surface area contributed by atoms with Crippen molar-refractivity contribution in [1.29, 1.82) is 0 Å². The van der Waals surface area contributed by atoms with E-state index in [1.165, 1.54) is 0 Å². The lowest BCUT2D eigenvalue weighted by Crippen LogP contribution is -2.41. The van der Waals surface area contributed by atoms with Gasteiger partial charge in [0.1, 0.15) is 0 Å². The van der Waals surface area contributed by atoms with Gasteiger partial charge in [-0.25, -0.2) is 0 Å². The summed E-state index contributed by atoms with van der Waals surface area (Å²) in [5.74, 6) is 0.153. The van der Waals surface area contributed by atoms with Gasteiger partial charge in [0, 0.05) is 19.0 Å². The highest BCUT2D eigenvalue weighted by atomic mass is 16.7. The number of rotatable bonds is 3. The molecule has 0 aromatic carbocycles.